The second-order valence-electron chi connectivity index (χ2n) is 8.06. The first-order chi connectivity index (χ1) is 16.2. The van der Waals surface area contributed by atoms with Gasteiger partial charge in [0.15, 0.2) is 6.61 Å². The molecular formula is C24H30ClN3O6. The van der Waals surface area contributed by atoms with E-state index in [1.54, 1.807) is 18.2 Å². The van der Waals surface area contributed by atoms with Gasteiger partial charge in [0.25, 0.3) is 5.91 Å². The fourth-order valence-corrected chi connectivity index (χ4v) is 3.47. The van der Waals surface area contributed by atoms with E-state index in [2.05, 4.69) is 5.32 Å². The van der Waals surface area contributed by atoms with Crippen molar-refractivity contribution in [1.29, 1.82) is 0 Å². The van der Waals surface area contributed by atoms with Crippen LogP contribution in [0.3, 0.4) is 0 Å². The van der Waals surface area contributed by atoms with Crippen molar-refractivity contribution < 1.29 is 24.0 Å². The maximum Gasteiger partial charge on any atom is 0.311 e. The van der Waals surface area contributed by atoms with Crippen molar-refractivity contribution in [2.45, 2.75) is 39.8 Å². The quantitative estimate of drug-likeness (QED) is 0.351. The minimum Gasteiger partial charge on any atom is -0.490 e. The van der Waals surface area contributed by atoms with Crippen molar-refractivity contribution in [2.24, 2.45) is 5.92 Å². The van der Waals surface area contributed by atoms with Crippen LogP contribution in [0.15, 0.2) is 42.5 Å². The van der Waals surface area contributed by atoms with Crippen molar-refractivity contribution in [1.82, 2.24) is 10.2 Å². The van der Waals surface area contributed by atoms with Gasteiger partial charge in [0.2, 0.25) is 11.7 Å². The number of benzene rings is 2. The monoisotopic (exact) mass is 491 g/mol. The molecule has 34 heavy (non-hydrogen) atoms. The predicted octanol–water partition coefficient (Wildman–Crippen LogP) is 4.22. The first-order valence-corrected chi connectivity index (χ1v) is 11.3. The molecule has 0 unspecified atom stereocenters. The molecule has 1 atom stereocenters. The third-order valence-corrected chi connectivity index (χ3v) is 5.45. The Morgan fingerprint density at radius 1 is 1.21 bits per heavy atom. The molecule has 0 aliphatic heterocycles. The molecule has 0 saturated heterocycles. The van der Waals surface area contributed by atoms with Gasteiger partial charge in [-0.05, 0) is 30.0 Å². The van der Waals surface area contributed by atoms with Crippen LogP contribution in [0.25, 0.3) is 0 Å². The second kappa shape index (κ2) is 12.8. The Labute approximate surface area is 204 Å². The Balaban J connectivity index is 2.25. The van der Waals surface area contributed by atoms with Crippen LogP contribution in [0.5, 0.6) is 11.5 Å². The van der Waals surface area contributed by atoms with E-state index in [0.717, 1.165) is 0 Å². The van der Waals surface area contributed by atoms with Crippen molar-refractivity contribution in [3.63, 3.8) is 0 Å². The molecule has 0 spiro atoms. The van der Waals surface area contributed by atoms with E-state index in [9.17, 15) is 19.7 Å². The summed E-state index contributed by atoms with van der Waals surface area (Å²) in [5, 5.41) is 14.5. The Bertz CT molecular complexity index is 1010. The Morgan fingerprint density at radius 2 is 1.91 bits per heavy atom. The number of nitro groups is 1. The van der Waals surface area contributed by atoms with E-state index in [-0.39, 0.29) is 42.2 Å². The summed E-state index contributed by atoms with van der Waals surface area (Å²) in [5.41, 5.74) is 0.485. The molecule has 2 aromatic rings. The maximum atomic E-state index is 13.2. The SMILES string of the molecule is CC[C@H](C(=O)NCC(C)C)N(Cc1ccccc1Cl)C(=O)COc1ccc([N+](=O)[O-])c(OC)c1. The maximum absolute atomic E-state index is 13.2. The van der Waals surface area contributed by atoms with Gasteiger partial charge in [0.05, 0.1) is 12.0 Å². The summed E-state index contributed by atoms with van der Waals surface area (Å²) in [6, 6.07) is 10.4. The van der Waals surface area contributed by atoms with E-state index >= 15 is 0 Å². The summed E-state index contributed by atoms with van der Waals surface area (Å²) in [6.07, 6.45) is 0.394. The molecule has 0 aliphatic rings. The zero-order chi connectivity index (χ0) is 25.3. The van der Waals surface area contributed by atoms with E-state index in [4.69, 9.17) is 21.1 Å². The van der Waals surface area contributed by atoms with Gasteiger partial charge in [-0.3, -0.25) is 19.7 Å². The lowest BCUT2D eigenvalue weighted by molar-refractivity contribution is -0.385. The lowest BCUT2D eigenvalue weighted by atomic mass is 10.1. The highest BCUT2D eigenvalue weighted by molar-refractivity contribution is 6.31. The molecule has 0 saturated carbocycles. The minimum absolute atomic E-state index is 0.0161. The van der Waals surface area contributed by atoms with Crippen LogP contribution in [0.1, 0.15) is 32.8 Å². The summed E-state index contributed by atoms with van der Waals surface area (Å²) in [5.74, 6) is -0.180. The molecule has 2 aromatic carbocycles. The highest BCUT2D eigenvalue weighted by atomic mass is 35.5. The minimum atomic E-state index is -0.725. The van der Waals surface area contributed by atoms with E-state index < -0.39 is 16.9 Å². The summed E-state index contributed by atoms with van der Waals surface area (Å²) >= 11 is 6.31. The molecule has 0 aromatic heterocycles. The molecule has 2 rings (SSSR count). The van der Waals surface area contributed by atoms with E-state index in [1.165, 1.54) is 30.2 Å². The topological polar surface area (TPSA) is 111 Å². The van der Waals surface area contributed by atoms with Crippen LogP contribution in [-0.4, -0.2) is 47.9 Å². The number of amides is 2. The average Bonchev–Trinajstić information content (AvgIpc) is 2.81. The molecule has 2 amide bonds. The van der Waals surface area contributed by atoms with E-state index in [0.29, 0.717) is 23.6 Å². The number of hydrogen-bond donors (Lipinski definition) is 1. The van der Waals surface area contributed by atoms with Gasteiger partial charge in [0, 0.05) is 30.2 Å². The van der Waals surface area contributed by atoms with Crippen LogP contribution in [0.4, 0.5) is 5.69 Å². The van der Waals surface area contributed by atoms with Crippen molar-refractivity contribution >= 4 is 29.1 Å². The van der Waals surface area contributed by atoms with Gasteiger partial charge in [-0.25, -0.2) is 0 Å². The highest BCUT2D eigenvalue weighted by Crippen LogP contribution is 2.31. The van der Waals surface area contributed by atoms with Crippen LogP contribution in [-0.2, 0) is 16.1 Å². The first-order valence-electron chi connectivity index (χ1n) is 10.9. The Hall–Kier alpha value is -3.33. The number of carbonyl (C=O) groups excluding carboxylic acids is 2. The van der Waals surface area contributed by atoms with Crippen molar-refractivity contribution in [3.8, 4) is 11.5 Å². The zero-order valence-electron chi connectivity index (χ0n) is 19.7. The van der Waals surface area contributed by atoms with E-state index in [1.807, 2.05) is 26.8 Å². The number of hydrogen-bond acceptors (Lipinski definition) is 6. The standard InChI is InChI=1S/C24H30ClN3O6/c1-5-20(24(30)26-13-16(2)3)27(14-17-8-6-7-9-19(17)25)23(29)15-34-18-10-11-21(28(31)32)22(12-18)33-4/h6-12,16,20H,5,13-15H2,1-4H3,(H,26,30)/t20-/m1/s1. The summed E-state index contributed by atoms with van der Waals surface area (Å²) in [7, 11) is 1.31. The lowest BCUT2D eigenvalue weighted by Gasteiger charge is -2.31. The van der Waals surface area contributed by atoms with Gasteiger partial charge in [-0.2, -0.15) is 0 Å². The third-order valence-electron chi connectivity index (χ3n) is 5.08. The molecule has 1 N–H and O–H groups in total. The van der Waals surface area contributed by atoms with Crippen LogP contribution in [0, 0.1) is 16.0 Å². The number of rotatable bonds is 12. The fraction of sp³-hybridized carbons (Fsp3) is 0.417. The third kappa shape index (κ3) is 7.34. The second-order valence-corrected chi connectivity index (χ2v) is 8.46. The number of carbonyl (C=O) groups is 2. The van der Waals surface area contributed by atoms with Crippen LogP contribution < -0.4 is 14.8 Å². The lowest BCUT2D eigenvalue weighted by Crippen LogP contribution is -2.50. The first kappa shape index (κ1) is 26.9. The Morgan fingerprint density at radius 3 is 2.50 bits per heavy atom. The molecule has 10 heteroatoms. The largest absolute Gasteiger partial charge is 0.490 e. The van der Waals surface area contributed by atoms with Gasteiger partial charge in [0.1, 0.15) is 11.8 Å². The van der Waals surface area contributed by atoms with Gasteiger partial charge in [-0.15, -0.1) is 0 Å². The molecule has 184 valence electrons. The predicted molar refractivity (Wildman–Crippen MR) is 129 cm³/mol. The molecular weight excluding hydrogens is 462 g/mol. The number of nitrogens with zero attached hydrogens (tertiary/aromatic N) is 2. The van der Waals surface area contributed by atoms with Crippen LogP contribution in [0.2, 0.25) is 5.02 Å². The molecule has 0 radical (unpaired) electrons. The molecule has 0 aliphatic carbocycles. The number of methoxy groups -OCH3 is 1. The summed E-state index contributed by atoms with van der Waals surface area (Å²) in [6.45, 7) is 6.04. The highest BCUT2D eigenvalue weighted by Gasteiger charge is 2.29. The smallest absolute Gasteiger partial charge is 0.311 e. The van der Waals surface area contributed by atoms with Gasteiger partial charge < -0.3 is 19.7 Å². The molecule has 9 nitrogen and oxygen atoms in total. The number of nitro benzene ring substituents is 1. The van der Waals surface area contributed by atoms with Gasteiger partial charge in [-0.1, -0.05) is 50.6 Å². The van der Waals surface area contributed by atoms with Gasteiger partial charge >= 0.3 is 5.69 Å². The average molecular weight is 492 g/mol. The zero-order valence-corrected chi connectivity index (χ0v) is 20.5. The molecule has 0 bridgehead atoms. The summed E-state index contributed by atoms with van der Waals surface area (Å²) < 4.78 is 10.7. The Kier molecular flexibility index (Phi) is 10.1. The number of ether oxygens (including phenoxy) is 2. The van der Waals surface area contributed by atoms with Crippen molar-refractivity contribution in [3.05, 3.63) is 63.2 Å². The normalized spacial score (nSPS) is 11.6. The molecule has 0 fully saturated rings. The molecule has 0 heterocycles. The number of nitrogens with one attached hydrogen (secondary N) is 1. The number of halogens is 1. The fourth-order valence-electron chi connectivity index (χ4n) is 3.28. The van der Waals surface area contributed by atoms with Crippen molar-refractivity contribution in [2.75, 3.05) is 20.3 Å². The van der Waals surface area contributed by atoms with Crippen LogP contribution >= 0.6 is 11.6 Å². The summed E-state index contributed by atoms with van der Waals surface area (Å²) in [4.78, 5) is 38.1.